The number of rotatable bonds is 39. The lowest BCUT2D eigenvalue weighted by Gasteiger charge is -2.19. The van der Waals surface area contributed by atoms with Crippen LogP contribution in [0.3, 0.4) is 0 Å². The monoisotopic (exact) mass is 894 g/mol. The highest BCUT2D eigenvalue weighted by atomic mass is 16.3. The molecule has 0 saturated carbocycles. The summed E-state index contributed by atoms with van der Waals surface area (Å²) in [5.41, 5.74) is 9.28. The van der Waals surface area contributed by atoms with Crippen molar-refractivity contribution in [2.24, 2.45) is 23.3 Å². The quantitative estimate of drug-likeness (QED) is 0.0283. The molecule has 0 aliphatic carbocycles. The number of hydrogen-bond acceptors (Lipinski definition) is 9. The Morgan fingerprint density at radius 3 is 0.871 bits per heavy atom. The first-order valence-electron chi connectivity index (χ1n) is 26.9. The van der Waals surface area contributed by atoms with Gasteiger partial charge >= 0.3 is 0 Å². The highest BCUT2D eigenvalue weighted by Crippen LogP contribution is 2.15. The lowest BCUT2D eigenvalue weighted by Crippen LogP contribution is -2.28. The molecule has 0 rings (SSSR count). The van der Waals surface area contributed by atoms with Gasteiger partial charge in [0.2, 0.25) is 0 Å². The van der Waals surface area contributed by atoms with E-state index in [0.717, 1.165) is 11.8 Å². The molecule has 9 nitrogen and oxygen atoms in total. The van der Waals surface area contributed by atoms with Crippen molar-refractivity contribution in [2.75, 3.05) is 102 Å². The highest BCUT2D eigenvalue weighted by molar-refractivity contribution is 4.65. The maximum atomic E-state index is 8.00. The number of hydrogen-bond donors (Lipinski definition) is 8. The van der Waals surface area contributed by atoms with E-state index in [9.17, 15) is 0 Å². The molecule has 0 aliphatic rings. The predicted octanol–water partition coefficient (Wildman–Crippen LogP) is 11.9. The molecule has 9 heteroatoms. The summed E-state index contributed by atoms with van der Waals surface area (Å²) in [4.78, 5) is 2.00. The van der Waals surface area contributed by atoms with Crippen LogP contribution in [0.4, 0.5) is 0 Å². The van der Waals surface area contributed by atoms with Crippen molar-refractivity contribution in [3.63, 3.8) is 0 Å². The summed E-state index contributed by atoms with van der Waals surface area (Å²) in [6.45, 7) is 20.2. The molecule has 62 heavy (non-hydrogen) atoms. The van der Waals surface area contributed by atoms with Crippen molar-refractivity contribution < 1.29 is 10.2 Å². The van der Waals surface area contributed by atoms with Crippen molar-refractivity contribution in [3.8, 4) is 0 Å². The van der Waals surface area contributed by atoms with Crippen molar-refractivity contribution in [1.82, 2.24) is 26.2 Å². The van der Waals surface area contributed by atoms with Gasteiger partial charge in [0.05, 0.1) is 13.2 Å². The molecule has 0 bridgehead atoms. The molecule has 0 saturated heterocycles. The normalized spacial score (nSPS) is 11.1. The number of aliphatic hydroxyl groups is 2. The van der Waals surface area contributed by atoms with E-state index in [4.69, 9.17) is 15.9 Å². The zero-order valence-corrected chi connectivity index (χ0v) is 45.5. The third-order valence-corrected chi connectivity index (χ3v) is 10.4. The van der Waals surface area contributed by atoms with Crippen LogP contribution in [0.2, 0.25) is 0 Å². The van der Waals surface area contributed by atoms with Crippen LogP contribution < -0.4 is 32.7 Å². The summed E-state index contributed by atoms with van der Waals surface area (Å²) in [5.74, 6) is 1.80. The zero-order valence-electron chi connectivity index (χ0n) is 45.5. The average Bonchev–Trinajstić information content (AvgIpc) is 3.27. The Balaban J connectivity index is -0.000000145. The second-order valence-electron chi connectivity index (χ2n) is 17.5. The molecule has 0 spiro atoms. The summed E-state index contributed by atoms with van der Waals surface area (Å²) in [6, 6.07) is 0. The summed E-state index contributed by atoms with van der Waals surface area (Å²) >= 11 is 0. The molecular formula is C53H127N7O2. The maximum absolute atomic E-state index is 8.00. The molecule has 386 valence electrons. The fourth-order valence-corrected chi connectivity index (χ4v) is 6.44. The van der Waals surface area contributed by atoms with E-state index in [0.29, 0.717) is 13.1 Å². The van der Waals surface area contributed by atoms with Gasteiger partial charge in [-0.05, 0) is 113 Å². The van der Waals surface area contributed by atoms with E-state index in [1.807, 2.05) is 40.1 Å². The standard InChI is InChI=1S/C26H55N.C16H35N.C3H9NO.C3H9N.C2H7NO.C2H7N.CH5N/c1-3-5-7-9-11-13-15-17-19-21-23-25-27-26-24-22-20-18-16-14-12-10-8-6-4-2;1-5-9-11-15(7-3)13-17-14-16(8-4)12-10-6-2;1-4-2-3-5;1-4(2)3;3-1-2-4;1-3-2;1-2/h27H,3-26H2,1-2H3;15-17H,5-14H2,1-4H3;4-5H,2-3H2,1H3;1-3H3;4H,1-3H2;3H,1-2H3;2H2,1H3. The second-order valence-corrected chi connectivity index (χ2v) is 17.5. The van der Waals surface area contributed by atoms with Crippen LogP contribution in [-0.2, 0) is 0 Å². The number of unbranched alkanes of at least 4 members (excludes halogenated alkanes) is 22. The number of nitrogens with two attached hydrogens (primary N) is 2. The van der Waals surface area contributed by atoms with Gasteiger partial charge in [0.15, 0.2) is 0 Å². The summed E-state index contributed by atoms with van der Waals surface area (Å²) < 4.78 is 0. The van der Waals surface area contributed by atoms with Gasteiger partial charge in [0, 0.05) is 13.1 Å². The SMILES string of the molecule is CCCCC(CC)CNCC(CC)CCCC.CCCCCCCCCCCCCNCCCCCCCCCCCCC.CN.CN(C)C.CNC.CNCCO.NCCO. The number of nitrogens with zero attached hydrogens (tertiary/aromatic N) is 1. The first-order valence-corrected chi connectivity index (χ1v) is 26.9. The fourth-order valence-electron chi connectivity index (χ4n) is 6.44. The van der Waals surface area contributed by atoms with Crippen LogP contribution in [0.5, 0.6) is 0 Å². The minimum absolute atomic E-state index is 0.0972. The molecule has 2 unspecified atom stereocenters. The first-order chi connectivity index (χ1) is 30.2. The predicted molar refractivity (Wildman–Crippen MR) is 287 cm³/mol. The lowest BCUT2D eigenvalue weighted by molar-refractivity contribution is 0.296. The second kappa shape index (κ2) is 84.1. The van der Waals surface area contributed by atoms with Crippen LogP contribution in [0.1, 0.15) is 234 Å². The first kappa shape index (κ1) is 75.9. The van der Waals surface area contributed by atoms with E-state index < -0.39 is 0 Å². The van der Waals surface area contributed by atoms with E-state index in [1.54, 1.807) is 7.05 Å². The molecule has 0 aliphatic heterocycles. The van der Waals surface area contributed by atoms with Gasteiger partial charge in [-0.15, -0.1) is 0 Å². The molecule has 0 aromatic carbocycles. The molecule has 10 N–H and O–H groups in total. The van der Waals surface area contributed by atoms with Crippen LogP contribution in [0.25, 0.3) is 0 Å². The minimum Gasteiger partial charge on any atom is -0.395 e. The zero-order chi connectivity index (χ0) is 48.4. The van der Waals surface area contributed by atoms with Crippen molar-refractivity contribution in [1.29, 1.82) is 0 Å². The van der Waals surface area contributed by atoms with Gasteiger partial charge < -0.3 is 47.8 Å². The maximum Gasteiger partial charge on any atom is 0.0555 e. The molecule has 0 amide bonds. The molecule has 0 radical (unpaired) electrons. The fraction of sp³-hybridized carbons (Fsp3) is 1.00. The van der Waals surface area contributed by atoms with E-state index in [2.05, 4.69) is 68.5 Å². The third kappa shape index (κ3) is 103. The third-order valence-electron chi connectivity index (χ3n) is 10.4. The number of likely N-dealkylation sites (N-methyl/N-ethyl adjacent to an activating group) is 1. The van der Waals surface area contributed by atoms with Crippen LogP contribution in [0.15, 0.2) is 0 Å². The van der Waals surface area contributed by atoms with Crippen LogP contribution in [-0.4, -0.2) is 117 Å². The van der Waals surface area contributed by atoms with E-state index >= 15 is 0 Å². The summed E-state index contributed by atoms with van der Waals surface area (Å²) in [5, 5.41) is 28.6. The van der Waals surface area contributed by atoms with Gasteiger partial charge in [0.25, 0.3) is 0 Å². The number of nitrogens with one attached hydrogen (secondary N) is 4. The van der Waals surface area contributed by atoms with Gasteiger partial charge in [-0.2, -0.15) is 0 Å². The Morgan fingerprint density at radius 1 is 0.419 bits per heavy atom. The summed E-state index contributed by atoms with van der Waals surface area (Å²) in [6.07, 6.45) is 42.7. The van der Waals surface area contributed by atoms with Crippen molar-refractivity contribution in [3.05, 3.63) is 0 Å². The Morgan fingerprint density at radius 2 is 0.677 bits per heavy atom. The smallest absolute Gasteiger partial charge is 0.0555 e. The Labute approximate surface area is 394 Å². The molecule has 2 atom stereocenters. The topological polar surface area (TPSA) is 144 Å². The van der Waals surface area contributed by atoms with E-state index in [1.165, 1.54) is 226 Å². The Hall–Kier alpha value is -0.360. The van der Waals surface area contributed by atoms with Crippen LogP contribution in [0, 0.1) is 11.8 Å². The molecule has 0 heterocycles. The van der Waals surface area contributed by atoms with Gasteiger partial charge in [0.1, 0.15) is 0 Å². The van der Waals surface area contributed by atoms with Crippen molar-refractivity contribution in [2.45, 2.75) is 234 Å². The van der Waals surface area contributed by atoms with Crippen LogP contribution >= 0.6 is 0 Å². The molecular weight excluding hydrogens is 767 g/mol. The highest BCUT2D eigenvalue weighted by Gasteiger charge is 2.08. The number of aliphatic hydroxyl groups excluding tert-OH is 2. The Kier molecular flexibility index (Phi) is 103. The van der Waals surface area contributed by atoms with E-state index in [-0.39, 0.29) is 13.2 Å². The average molecular weight is 895 g/mol. The molecule has 0 aromatic rings. The van der Waals surface area contributed by atoms with Gasteiger partial charge in [-0.3, -0.25) is 0 Å². The largest absolute Gasteiger partial charge is 0.395 e. The molecule has 0 aromatic heterocycles. The van der Waals surface area contributed by atoms with Gasteiger partial charge in [-0.25, -0.2) is 0 Å². The Bertz CT molecular complexity index is 574. The van der Waals surface area contributed by atoms with Crippen molar-refractivity contribution >= 4 is 0 Å². The lowest BCUT2D eigenvalue weighted by atomic mass is 9.97. The van der Waals surface area contributed by atoms with Gasteiger partial charge in [-0.1, -0.05) is 208 Å². The minimum atomic E-state index is 0.0972. The summed E-state index contributed by atoms with van der Waals surface area (Å²) in [7, 11) is 13.1. The molecule has 0 fully saturated rings.